The Labute approximate surface area is 72.0 Å². The molecule has 2 N–H and O–H groups in total. The van der Waals surface area contributed by atoms with Crippen LogP contribution in [0.3, 0.4) is 0 Å². The summed E-state index contributed by atoms with van der Waals surface area (Å²) in [7, 11) is 0. The molecule has 0 fully saturated rings. The maximum Gasteiger partial charge on any atom is 0.0266 e. The molecule has 0 radical (unpaired) electrons. The van der Waals surface area contributed by atoms with E-state index >= 15 is 0 Å². The van der Waals surface area contributed by atoms with Gasteiger partial charge in [0.05, 0.1) is 0 Å². The molecule has 2 heteroatoms. The van der Waals surface area contributed by atoms with Crippen LogP contribution in [-0.2, 0) is 0 Å². The van der Waals surface area contributed by atoms with E-state index < -0.39 is 0 Å². The highest BCUT2D eigenvalue weighted by atomic mass is 79.9. The van der Waals surface area contributed by atoms with Crippen molar-refractivity contribution in [2.24, 2.45) is 5.73 Å². The van der Waals surface area contributed by atoms with Gasteiger partial charge in [-0.15, -0.1) is 17.0 Å². The normalized spacial score (nSPS) is 11.8. The molecular weight excluding hydrogens is 190 g/mol. The summed E-state index contributed by atoms with van der Waals surface area (Å²) in [5.41, 5.74) is 6.81. The summed E-state index contributed by atoms with van der Waals surface area (Å²) < 4.78 is 0. The third-order valence-electron chi connectivity index (χ3n) is 1.33. The van der Waals surface area contributed by atoms with Crippen LogP contribution in [0.2, 0.25) is 0 Å². The van der Waals surface area contributed by atoms with E-state index in [1.165, 1.54) is 5.56 Å². The predicted molar refractivity (Wildman–Crippen MR) is 49.4 cm³/mol. The van der Waals surface area contributed by atoms with E-state index in [4.69, 9.17) is 5.73 Å². The second kappa shape index (κ2) is 4.47. The number of rotatable bonds is 1. The van der Waals surface area contributed by atoms with Crippen molar-refractivity contribution in [3.05, 3.63) is 35.9 Å². The summed E-state index contributed by atoms with van der Waals surface area (Å²) in [6.07, 6.45) is 0. The third kappa shape index (κ3) is 2.50. The zero-order valence-corrected chi connectivity index (χ0v) is 7.66. The standard InChI is InChI=1S/C8H11N.BrH/c1-7(9)8-5-3-2-4-6-8;/h2-7H,9H2,1H3;1H. The smallest absolute Gasteiger partial charge is 0.0266 e. The molecular formula is C8H12BrN. The average Bonchev–Trinajstić information content (AvgIpc) is 1.90. The van der Waals surface area contributed by atoms with Gasteiger partial charge in [-0.25, -0.2) is 0 Å². The van der Waals surface area contributed by atoms with E-state index in [0.29, 0.717) is 0 Å². The van der Waals surface area contributed by atoms with Crippen LogP contribution in [-0.4, -0.2) is 0 Å². The predicted octanol–water partition coefficient (Wildman–Crippen LogP) is 2.28. The first-order valence-electron chi connectivity index (χ1n) is 3.11. The molecule has 0 aliphatic carbocycles. The highest BCUT2D eigenvalue weighted by molar-refractivity contribution is 8.93. The third-order valence-corrected chi connectivity index (χ3v) is 1.33. The van der Waals surface area contributed by atoms with Crippen LogP contribution in [0.25, 0.3) is 0 Å². The number of halogens is 1. The van der Waals surface area contributed by atoms with Crippen LogP contribution in [0.5, 0.6) is 0 Å². The second-order valence-corrected chi connectivity index (χ2v) is 2.20. The zero-order valence-electron chi connectivity index (χ0n) is 5.95. The fourth-order valence-electron chi connectivity index (χ4n) is 0.757. The van der Waals surface area contributed by atoms with Crippen LogP contribution in [0.15, 0.2) is 30.3 Å². The average molecular weight is 202 g/mol. The van der Waals surface area contributed by atoms with Crippen LogP contribution in [0, 0.1) is 0 Å². The summed E-state index contributed by atoms with van der Waals surface area (Å²) in [6.45, 7) is 1.98. The van der Waals surface area contributed by atoms with Crippen molar-refractivity contribution in [2.75, 3.05) is 0 Å². The Morgan fingerprint density at radius 3 is 2.00 bits per heavy atom. The Balaban J connectivity index is 0.000000810. The SMILES string of the molecule is Br.CC(N)c1ccccc1. The fraction of sp³-hybridized carbons (Fsp3) is 0.250. The molecule has 1 atom stereocenters. The van der Waals surface area contributed by atoms with E-state index in [2.05, 4.69) is 0 Å². The topological polar surface area (TPSA) is 26.0 Å². The Hall–Kier alpha value is -0.340. The zero-order chi connectivity index (χ0) is 6.69. The first-order valence-corrected chi connectivity index (χ1v) is 3.11. The Bertz CT molecular complexity index is 172. The summed E-state index contributed by atoms with van der Waals surface area (Å²) in [5, 5.41) is 0. The van der Waals surface area contributed by atoms with Crippen molar-refractivity contribution >= 4 is 17.0 Å². The van der Waals surface area contributed by atoms with Crippen molar-refractivity contribution < 1.29 is 0 Å². The second-order valence-electron chi connectivity index (χ2n) is 2.20. The summed E-state index contributed by atoms with van der Waals surface area (Å²) >= 11 is 0. The van der Waals surface area contributed by atoms with Gasteiger partial charge < -0.3 is 5.73 Å². The first kappa shape index (κ1) is 9.66. The van der Waals surface area contributed by atoms with Gasteiger partial charge in [0.15, 0.2) is 0 Å². The Morgan fingerprint density at radius 2 is 1.70 bits per heavy atom. The number of nitrogens with two attached hydrogens (primary N) is 1. The van der Waals surface area contributed by atoms with E-state index in [1.54, 1.807) is 0 Å². The number of hydrogen-bond acceptors (Lipinski definition) is 1. The van der Waals surface area contributed by atoms with E-state index in [0.717, 1.165) is 0 Å². The molecule has 1 unspecified atom stereocenters. The van der Waals surface area contributed by atoms with Crippen LogP contribution >= 0.6 is 17.0 Å². The van der Waals surface area contributed by atoms with Gasteiger partial charge in [-0.2, -0.15) is 0 Å². The molecule has 1 nitrogen and oxygen atoms in total. The molecule has 1 rings (SSSR count). The molecule has 10 heavy (non-hydrogen) atoms. The van der Waals surface area contributed by atoms with Gasteiger partial charge in [0.1, 0.15) is 0 Å². The summed E-state index contributed by atoms with van der Waals surface area (Å²) in [6, 6.07) is 10.2. The van der Waals surface area contributed by atoms with Crippen LogP contribution < -0.4 is 5.73 Å². The lowest BCUT2D eigenvalue weighted by molar-refractivity contribution is 0.818. The van der Waals surface area contributed by atoms with Crippen molar-refractivity contribution in [2.45, 2.75) is 13.0 Å². The maximum atomic E-state index is 5.61. The van der Waals surface area contributed by atoms with Crippen LogP contribution in [0.4, 0.5) is 0 Å². The van der Waals surface area contributed by atoms with Gasteiger partial charge in [-0.1, -0.05) is 30.3 Å². The minimum absolute atomic E-state index is 0. The van der Waals surface area contributed by atoms with Crippen molar-refractivity contribution in [3.8, 4) is 0 Å². The molecule has 0 bridgehead atoms. The molecule has 56 valence electrons. The molecule has 0 saturated carbocycles. The molecule has 0 spiro atoms. The lowest BCUT2D eigenvalue weighted by atomic mass is 10.1. The van der Waals surface area contributed by atoms with E-state index in [1.807, 2.05) is 37.3 Å². The van der Waals surface area contributed by atoms with Gasteiger partial charge in [-0.3, -0.25) is 0 Å². The van der Waals surface area contributed by atoms with E-state index in [9.17, 15) is 0 Å². The van der Waals surface area contributed by atoms with Crippen molar-refractivity contribution in [3.63, 3.8) is 0 Å². The molecule has 0 saturated heterocycles. The molecule has 0 heterocycles. The Morgan fingerprint density at radius 1 is 1.20 bits per heavy atom. The summed E-state index contributed by atoms with van der Waals surface area (Å²) in [5.74, 6) is 0. The van der Waals surface area contributed by atoms with E-state index in [-0.39, 0.29) is 23.0 Å². The lowest BCUT2D eigenvalue weighted by Crippen LogP contribution is -2.03. The van der Waals surface area contributed by atoms with Gasteiger partial charge in [0.25, 0.3) is 0 Å². The minimum atomic E-state index is 0. The minimum Gasteiger partial charge on any atom is -0.324 e. The summed E-state index contributed by atoms with van der Waals surface area (Å²) in [4.78, 5) is 0. The van der Waals surface area contributed by atoms with Gasteiger partial charge >= 0.3 is 0 Å². The van der Waals surface area contributed by atoms with Crippen LogP contribution in [0.1, 0.15) is 18.5 Å². The van der Waals surface area contributed by atoms with Crippen molar-refractivity contribution in [1.82, 2.24) is 0 Å². The molecule has 0 amide bonds. The number of hydrogen-bond donors (Lipinski definition) is 1. The quantitative estimate of drug-likeness (QED) is 0.742. The lowest BCUT2D eigenvalue weighted by Gasteiger charge is -2.02. The van der Waals surface area contributed by atoms with Gasteiger partial charge in [0, 0.05) is 6.04 Å². The monoisotopic (exact) mass is 201 g/mol. The van der Waals surface area contributed by atoms with Gasteiger partial charge in [-0.05, 0) is 12.5 Å². The number of benzene rings is 1. The largest absolute Gasteiger partial charge is 0.324 e. The van der Waals surface area contributed by atoms with Gasteiger partial charge in [0.2, 0.25) is 0 Å². The molecule has 0 aliphatic rings. The maximum absolute atomic E-state index is 5.61. The first-order chi connectivity index (χ1) is 4.30. The molecule has 1 aromatic rings. The Kier molecular flexibility index (Phi) is 4.32. The fourth-order valence-corrected chi connectivity index (χ4v) is 0.757. The molecule has 0 aliphatic heterocycles. The van der Waals surface area contributed by atoms with Crippen molar-refractivity contribution in [1.29, 1.82) is 0 Å². The highest BCUT2D eigenvalue weighted by Gasteiger charge is 1.93. The highest BCUT2D eigenvalue weighted by Crippen LogP contribution is 2.06. The molecule has 1 aromatic carbocycles. The molecule has 0 aromatic heterocycles.